The maximum atomic E-state index is 11.9. The predicted molar refractivity (Wildman–Crippen MR) is 69.6 cm³/mol. The lowest BCUT2D eigenvalue weighted by atomic mass is 10.1. The lowest BCUT2D eigenvalue weighted by Gasteiger charge is -2.11. The Bertz CT molecular complexity index is 472. The first-order chi connectivity index (χ1) is 8.45. The van der Waals surface area contributed by atoms with Crippen molar-refractivity contribution in [2.45, 2.75) is 6.92 Å². The van der Waals surface area contributed by atoms with E-state index < -0.39 is 5.97 Å². The molecule has 0 unspecified atom stereocenters. The van der Waals surface area contributed by atoms with Gasteiger partial charge in [-0.25, -0.2) is 4.79 Å². The summed E-state index contributed by atoms with van der Waals surface area (Å²) in [4.78, 5) is 25.0. The number of allylic oxidation sites excluding steroid dienone is 2. The Morgan fingerprint density at radius 2 is 1.61 bits per heavy atom. The van der Waals surface area contributed by atoms with Gasteiger partial charge in [0.25, 0.3) is 0 Å². The van der Waals surface area contributed by atoms with Crippen molar-refractivity contribution in [3.63, 3.8) is 0 Å². The van der Waals surface area contributed by atoms with Crippen molar-refractivity contribution in [3.8, 4) is 0 Å². The monoisotopic (exact) mass is 247 g/mol. The third kappa shape index (κ3) is 3.45. The van der Waals surface area contributed by atoms with Crippen LogP contribution in [0.1, 0.15) is 27.6 Å². The van der Waals surface area contributed by atoms with Crippen LogP contribution in [0.5, 0.6) is 0 Å². The summed E-state index contributed by atoms with van der Waals surface area (Å²) in [5.41, 5.74) is 1.85. The van der Waals surface area contributed by atoms with Gasteiger partial charge in [0.15, 0.2) is 5.78 Å². The molecule has 0 aliphatic carbocycles. The molecule has 0 heterocycles. The summed E-state index contributed by atoms with van der Waals surface area (Å²) in [6.07, 6.45) is 1.56. The molecule has 0 radical (unpaired) electrons. The summed E-state index contributed by atoms with van der Waals surface area (Å²) >= 11 is 0. The minimum absolute atomic E-state index is 0.0855. The van der Waals surface area contributed by atoms with Gasteiger partial charge in [0.1, 0.15) is 0 Å². The van der Waals surface area contributed by atoms with E-state index in [1.54, 1.807) is 30.3 Å². The fourth-order valence-electron chi connectivity index (χ4n) is 1.29. The second kappa shape index (κ2) is 6.00. The largest absolute Gasteiger partial charge is 0.465 e. The molecular weight excluding hydrogens is 230 g/mol. The molecule has 96 valence electrons. The Balaban J connectivity index is 2.89. The van der Waals surface area contributed by atoms with Gasteiger partial charge in [-0.05, 0) is 19.1 Å². The number of ketones is 1. The van der Waals surface area contributed by atoms with Gasteiger partial charge < -0.3 is 9.64 Å². The number of carbonyl (C=O) groups is 2. The van der Waals surface area contributed by atoms with Gasteiger partial charge >= 0.3 is 5.97 Å². The number of esters is 1. The summed E-state index contributed by atoms with van der Waals surface area (Å²) in [7, 11) is 5.07. The van der Waals surface area contributed by atoms with E-state index >= 15 is 0 Å². The molecule has 1 rings (SSSR count). The van der Waals surface area contributed by atoms with Crippen molar-refractivity contribution >= 4 is 11.8 Å². The summed E-state index contributed by atoms with van der Waals surface area (Å²) in [6.45, 7) is 1.86. The van der Waals surface area contributed by atoms with E-state index in [9.17, 15) is 9.59 Å². The highest BCUT2D eigenvalue weighted by Gasteiger charge is 2.07. The molecule has 4 heteroatoms. The van der Waals surface area contributed by atoms with Crippen LogP contribution in [-0.4, -0.2) is 37.9 Å². The highest BCUT2D eigenvalue weighted by atomic mass is 16.5. The maximum absolute atomic E-state index is 11.9. The van der Waals surface area contributed by atoms with E-state index in [0.717, 1.165) is 5.70 Å². The summed E-state index contributed by atoms with van der Waals surface area (Å²) in [5, 5.41) is 0. The van der Waals surface area contributed by atoms with Gasteiger partial charge in [-0.15, -0.1) is 0 Å². The summed E-state index contributed by atoms with van der Waals surface area (Å²) < 4.78 is 4.59. The minimum atomic E-state index is -0.408. The Morgan fingerprint density at radius 1 is 1.11 bits per heavy atom. The topological polar surface area (TPSA) is 46.6 Å². The number of nitrogens with zero attached hydrogens (tertiary/aromatic N) is 1. The quantitative estimate of drug-likeness (QED) is 0.464. The summed E-state index contributed by atoms with van der Waals surface area (Å²) in [6, 6.07) is 6.40. The van der Waals surface area contributed by atoms with Crippen LogP contribution in [0.25, 0.3) is 0 Å². The van der Waals surface area contributed by atoms with E-state index in [-0.39, 0.29) is 5.78 Å². The van der Waals surface area contributed by atoms with Crippen LogP contribution in [0, 0.1) is 0 Å². The molecular formula is C14H17NO3. The highest BCUT2D eigenvalue weighted by Crippen LogP contribution is 2.08. The van der Waals surface area contributed by atoms with Gasteiger partial charge in [-0.1, -0.05) is 12.1 Å². The lowest BCUT2D eigenvalue weighted by molar-refractivity contribution is 0.0600. The van der Waals surface area contributed by atoms with E-state index in [1.807, 2.05) is 25.9 Å². The zero-order chi connectivity index (χ0) is 13.7. The number of rotatable bonds is 4. The molecule has 0 amide bonds. The molecule has 0 N–H and O–H groups in total. The van der Waals surface area contributed by atoms with Crippen molar-refractivity contribution in [1.29, 1.82) is 0 Å². The zero-order valence-corrected chi connectivity index (χ0v) is 11.1. The molecule has 0 bridgehead atoms. The Kier molecular flexibility index (Phi) is 4.66. The molecule has 1 aromatic rings. The molecule has 18 heavy (non-hydrogen) atoms. The molecule has 0 aliphatic heterocycles. The SMILES string of the molecule is COC(=O)c1ccc(C(=O)/C=C(\C)N(C)C)cc1. The van der Waals surface area contributed by atoms with E-state index in [1.165, 1.54) is 7.11 Å². The highest BCUT2D eigenvalue weighted by molar-refractivity contribution is 6.05. The number of methoxy groups -OCH3 is 1. The first-order valence-electron chi connectivity index (χ1n) is 5.54. The van der Waals surface area contributed by atoms with Crippen molar-refractivity contribution in [2.24, 2.45) is 0 Å². The van der Waals surface area contributed by atoms with E-state index in [4.69, 9.17) is 0 Å². The van der Waals surface area contributed by atoms with Crippen LogP contribution >= 0.6 is 0 Å². The number of hydrogen-bond donors (Lipinski definition) is 0. The van der Waals surface area contributed by atoms with Crippen molar-refractivity contribution in [3.05, 3.63) is 47.2 Å². The Labute approximate surface area is 107 Å². The average molecular weight is 247 g/mol. The number of hydrogen-bond acceptors (Lipinski definition) is 4. The Morgan fingerprint density at radius 3 is 2.06 bits per heavy atom. The normalized spacial score (nSPS) is 11.0. The van der Waals surface area contributed by atoms with Crippen LogP contribution in [0.2, 0.25) is 0 Å². The smallest absolute Gasteiger partial charge is 0.337 e. The molecule has 0 saturated heterocycles. The van der Waals surface area contributed by atoms with Crippen molar-refractivity contribution in [2.75, 3.05) is 21.2 Å². The van der Waals surface area contributed by atoms with Crippen LogP contribution in [0.15, 0.2) is 36.0 Å². The third-order valence-electron chi connectivity index (χ3n) is 2.64. The predicted octanol–water partition coefficient (Wildman–Crippen LogP) is 2.12. The van der Waals surface area contributed by atoms with Crippen LogP contribution in [0.4, 0.5) is 0 Å². The van der Waals surface area contributed by atoms with Crippen LogP contribution < -0.4 is 0 Å². The first kappa shape index (κ1) is 14.0. The fourth-order valence-corrected chi connectivity index (χ4v) is 1.29. The van der Waals surface area contributed by atoms with Gasteiger partial charge in [-0.2, -0.15) is 0 Å². The van der Waals surface area contributed by atoms with Gasteiger partial charge in [0.2, 0.25) is 0 Å². The van der Waals surface area contributed by atoms with Crippen LogP contribution in [-0.2, 0) is 4.74 Å². The molecule has 0 aliphatic rings. The summed E-state index contributed by atoms with van der Waals surface area (Å²) in [5.74, 6) is -0.494. The second-order valence-electron chi connectivity index (χ2n) is 4.11. The molecule has 0 saturated carbocycles. The van der Waals surface area contributed by atoms with Crippen molar-refractivity contribution in [1.82, 2.24) is 4.90 Å². The maximum Gasteiger partial charge on any atom is 0.337 e. The minimum Gasteiger partial charge on any atom is -0.465 e. The molecule has 1 aromatic carbocycles. The standard InChI is InChI=1S/C14H17NO3/c1-10(15(2)3)9-13(16)11-5-7-12(8-6-11)14(17)18-4/h5-9H,1-4H3/b10-9+. The van der Waals surface area contributed by atoms with Crippen molar-refractivity contribution < 1.29 is 14.3 Å². The van der Waals surface area contributed by atoms with E-state index in [2.05, 4.69) is 4.74 Å². The Hall–Kier alpha value is -2.10. The van der Waals surface area contributed by atoms with Gasteiger partial charge in [0, 0.05) is 31.4 Å². The number of ether oxygens (including phenoxy) is 1. The first-order valence-corrected chi connectivity index (χ1v) is 5.54. The lowest BCUT2D eigenvalue weighted by Crippen LogP contribution is -2.10. The second-order valence-corrected chi connectivity index (χ2v) is 4.11. The van der Waals surface area contributed by atoms with Crippen LogP contribution in [0.3, 0.4) is 0 Å². The third-order valence-corrected chi connectivity index (χ3v) is 2.64. The van der Waals surface area contributed by atoms with Gasteiger partial charge in [-0.3, -0.25) is 4.79 Å². The zero-order valence-electron chi connectivity index (χ0n) is 11.1. The molecule has 0 spiro atoms. The van der Waals surface area contributed by atoms with E-state index in [0.29, 0.717) is 11.1 Å². The molecule has 0 atom stereocenters. The fraction of sp³-hybridized carbons (Fsp3) is 0.286. The molecule has 4 nitrogen and oxygen atoms in total. The number of benzene rings is 1. The van der Waals surface area contributed by atoms with Gasteiger partial charge in [0.05, 0.1) is 12.7 Å². The average Bonchev–Trinajstić information content (AvgIpc) is 2.37. The molecule has 0 fully saturated rings. The molecule has 0 aromatic heterocycles. The number of carbonyl (C=O) groups excluding carboxylic acids is 2.